The quantitative estimate of drug-likeness (QED) is 0.903. The molecular formula is C13H12N2O4S. The van der Waals surface area contributed by atoms with E-state index in [0.29, 0.717) is 16.5 Å². The molecule has 7 heteroatoms. The molecule has 0 aliphatic carbocycles. The summed E-state index contributed by atoms with van der Waals surface area (Å²) in [5.41, 5.74) is 0.440. The molecule has 0 unspecified atom stereocenters. The maximum absolute atomic E-state index is 11.5. The molecule has 2 aromatic rings. The maximum Gasteiger partial charge on any atom is 0.412 e. The first kappa shape index (κ1) is 14.0. The van der Waals surface area contributed by atoms with Crippen molar-refractivity contribution in [1.29, 1.82) is 0 Å². The summed E-state index contributed by atoms with van der Waals surface area (Å²) >= 11 is 1.03. The number of ether oxygens (including phenoxy) is 1. The number of carboxylic acids is 1. The van der Waals surface area contributed by atoms with Crippen molar-refractivity contribution in [3.05, 3.63) is 45.9 Å². The highest BCUT2D eigenvalue weighted by Crippen LogP contribution is 2.17. The van der Waals surface area contributed by atoms with Gasteiger partial charge in [-0.1, -0.05) is 18.2 Å². The van der Waals surface area contributed by atoms with E-state index < -0.39 is 12.1 Å². The number of thiazole rings is 1. The standard InChI is InChI=1S/C13H12N2O4S/c1-8-11(12(16)17)20-10(15-8)7-14-13(18)19-9-5-3-2-4-6-9/h2-6H,7H2,1H3,(H,14,18)(H,16,17). The van der Waals surface area contributed by atoms with Gasteiger partial charge in [-0.05, 0) is 19.1 Å². The van der Waals surface area contributed by atoms with Crippen molar-refractivity contribution >= 4 is 23.4 Å². The summed E-state index contributed by atoms with van der Waals surface area (Å²) in [6.45, 7) is 1.75. The average molecular weight is 292 g/mol. The van der Waals surface area contributed by atoms with E-state index in [9.17, 15) is 9.59 Å². The molecule has 1 heterocycles. The lowest BCUT2D eigenvalue weighted by Gasteiger charge is -2.04. The van der Waals surface area contributed by atoms with Gasteiger partial charge in [0, 0.05) is 0 Å². The van der Waals surface area contributed by atoms with Crippen LogP contribution in [0.1, 0.15) is 20.4 Å². The predicted molar refractivity (Wildman–Crippen MR) is 73.1 cm³/mol. The molecular weight excluding hydrogens is 280 g/mol. The van der Waals surface area contributed by atoms with Crippen molar-refractivity contribution in [2.45, 2.75) is 13.5 Å². The molecule has 1 amide bonds. The van der Waals surface area contributed by atoms with Gasteiger partial charge in [0.25, 0.3) is 0 Å². The van der Waals surface area contributed by atoms with Crippen LogP contribution in [0.5, 0.6) is 5.75 Å². The first-order valence-corrected chi connectivity index (χ1v) is 6.58. The van der Waals surface area contributed by atoms with Crippen molar-refractivity contribution in [3.8, 4) is 5.75 Å². The van der Waals surface area contributed by atoms with E-state index in [2.05, 4.69) is 10.3 Å². The number of carbonyl (C=O) groups excluding carboxylic acids is 1. The molecule has 0 saturated carbocycles. The summed E-state index contributed by atoms with van der Waals surface area (Å²) < 4.78 is 5.03. The lowest BCUT2D eigenvalue weighted by atomic mass is 10.3. The van der Waals surface area contributed by atoms with Gasteiger partial charge in [-0.15, -0.1) is 11.3 Å². The minimum absolute atomic E-state index is 0.129. The van der Waals surface area contributed by atoms with Crippen LogP contribution in [0.15, 0.2) is 30.3 Å². The lowest BCUT2D eigenvalue weighted by Crippen LogP contribution is -2.26. The number of aryl methyl sites for hydroxylation is 1. The van der Waals surface area contributed by atoms with Gasteiger partial charge in [0.1, 0.15) is 15.6 Å². The number of para-hydroxylation sites is 1. The second-order valence-corrected chi connectivity index (χ2v) is 4.97. The smallest absolute Gasteiger partial charge is 0.412 e. The molecule has 1 aromatic heterocycles. The molecule has 1 aromatic carbocycles. The first-order chi connectivity index (χ1) is 9.56. The van der Waals surface area contributed by atoms with Crippen molar-refractivity contribution in [2.24, 2.45) is 0 Å². The predicted octanol–water partition coefficient (Wildman–Crippen LogP) is 2.44. The molecule has 2 N–H and O–H groups in total. The Bertz CT molecular complexity index is 625. The third kappa shape index (κ3) is 3.55. The van der Waals surface area contributed by atoms with E-state index >= 15 is 0 Å². The fraction of sp³-hybridized carbons (Fsp3) is 0.154. The summed E-state index contributed by atoms with van der Waals surface area (Å²) in [5.74, 6) is -0.579. The highest BCUT2D eigenvalue weighted by atomic mass is 32.1. The second-order valence-electron chi connectivity index (χ2n) is 3.88. The normalized spacial score (nSPS) is 10.1. The van der Waals surface area contributed by atoms with Crippen molar-refractivity contribution in [2.75, 3.05) is 0 Å². The zero-order valence-electron chi connectivity index (χ0n) is 10.6. The SMILES string of the molecule is Cc1nc(CNC(=O)Oc2ccccc2)sc1C(=O)O. The molecule has 6 nitrogen and oxygen atoms in total. The summed E-state index contributed by atoms with van der Waals surface area (Å²) in [4.78, 5) is 26.7. The van der Waals surface area contributed by atoms with Crippen LogP contribution in [0.4, 0.5) is 4.79 Å². The molecule has 0 spiro atoms. The van der Waals surface area contributed by atoms with Crippen LogP contribution >= 0.6 is 11.3 Å². The van der Waals surface area contributed by atoms with Gasteiger partial charge < -0.3 is 15.2 Å². The number of benzene rings is 1. The fourth-order valence-corrected chi connectivity index (χ4v) is 2.35. The summed E-state index contributed by atoms with van der Waals surface area (Å²) in [7, 11) is 0. The topological polar surface area (TPSA) is 88.5 Å². The average Bonchev–Trinajstić information content (AvgIpc) is 2.79. The van der Waals surface area contributed by atoms with Crippen LogP contribution in [-0.2, 0) is 6.54 Å². The monoisotopic (exact) mass is 292 g/mol. The molecule has 0 radical (unpaired) electrons. The Morgan fingerprint density at radius 3 is 2.65 bits per heavy atom. The molecule has 0 saturated heterocycles. The zero-order chi connectivity index (χ0) is 14.5. The van der Waals surface area contributed by atoms with Gasteiger partial charge in [0.2, 0.25) is 0 Å². The number of amides is 1. The van der Waals surface area contributed by atoms with Crippen LogP contribution in [0.3, 0.4) is 0 Å². The molecule has 0 fully saturated rings. The van der Waals surface area contributed by atoms with Gasteiger partial charge in [-0.2, -0.15) is 0 Å². The van der Waals surface area contributed by atoms with Crippen LogP contribution in [-0.4, -0.2) is 22.2 Å². The van der Waals surface area contributed by atoms with Gasteiger partial charge in [-0.25, -0.2) is 14.6 Å². The number of carboxylic acid groups (broad SMARTS) is 1. The van der Waals surface area contributed by atoms with Gasteiger partial charge in [0.05, 0.1) is 12.2 Å². The number of rotatable bonds is 4. The largest absolute Gasteiger partial charge is 0.477 e. The molecule has 2 rings (SSSR count). The Morgan fingerprint density at radius 2 is 2.05 bits per heavy atom. The molecule has 104 valence electrons. The van der Waals surface area contributed by atoms with Gasteiger partial charge in [0.15, 0.2) is 0 Å². The van der Waals surface area contributed by atoms with Crippen molar-refractivity contribution in [1.82, 2.24) is 10.3 Å². The number of hydrogen-bond acceptors (Lipinski definition) is 5. The van der Waals surface area contributed by atoms with Crippen LogP contribution in [0.25, 0.3) is 0 Å². The Labute approximate surface area is 119 Å². The molecule has 0 aliphatic heterocycles. The molecule has 0 bridgehead atoms. The Kier molecular flexibility index (Phi) is 4.31. The van der Waals surface area contributed by atoms with Crippen molar-refractivity contribution in [3.63, 3.8) is 0 Å². The summed E-state index contributed by atoms with van der Waals surface area (Å²) in [6, 6.07) is 8.65. The van der Waals surface area contributed by atoms with E-state index in [4.69, 9.17) is 9.84 Å². The minimum Gasteiger partial charge on any atom is -0.477 e. The van der Waals surface area contributed by atoms with Crippen LogP contribution < -0.4 is 10.1 Å². The first-order valence-electron chi connectivity index (χ1n) is 5.76. The van der Waals surface area contributed by atoms with E-state index in [1.54, 1.807) is 31.2 Å². The zero-order valence-corrected chi connectivity index (χ0v) is 11.4. The van der Waals surface area contributed by atoms with Crippen LogP contribution in [0, 0.1) is 6.92 Å². The molecule has 0 aliphatic rings. The number of nitrogens with one attached hydrogen (secondary N) is 1. The summed E-state index contributed by atoms with van der Waals surface area (Å²) in [6.07, 6.45) is -0.610. The van der Waals surface area contributed by atoms with E-state index in [1.165, 1.54) is 0 Å². The highest BCUT2D eigenvalue weighted by Gasteiger charge is 2.14. The fourth-order valence-electron chi connectivity index (χ4n) is 1.51. The highest BCUT2D eigenvalue weighted by molar-refractivity contribution is 7.13. The van der Waals surface area contributed by atoms with E-state index in [-0.39, 0.29) is 11.4 Å². The number of aromatic carboxylic acids is 1. The Balaban J connectivity index is 1.90. The summed E-state index contributed by atoms with van der Waals surface area (Å²) in [5, 5.41) is 11.9. The Hall–Kier alpha value is -2.41. The third-order valence-corrected chi connectivity index (χ3v) is 3.52. The number of hydrogen-bond donors (Lipinski definition) is 2. The van der Waals surface area contributed by atoms with Gasteiger partial charge in [-0.3, -0.25) is 0 Å². The number of aromatic nitrogens is 1. The molecule has 20 heavy (non-hydrogen) atoms. The minimum atomic E-state index is -1.02. The van der Waals surface area contributed by atoms with Crippen molar-refractivity contribution < 1.29 is 19.4 Å². The third-order valence-electron chi connectivity index (χ3n) is 2.37. The lowest BCUT2D eigenvalue weighted by molar-refractivity contribution is 0.0701. The number of carbonyl (C=O) groups is 2. The van der Waals surface area contributed by atoms with Crippen LogP contribution in [0.2, 0.25) is 0 Å². The molecule has 0 atom stereocenters. The Morgan fingerprint density at radius 1 is 1.35 bits per heavy atom. The van der Waals surface area contributed by atoms with Gasteiger partial charge >= 0.3 is 12.1 Å². The van der Waals surface area contributed by atoms with E-state index in [1.807, 2.05) is 6.07 Å². The van der Waals surface area contributed by atoms with E-state index in [0.717, 1.165) is 11.3 Å². The number of nitrogens with zero attached hydrogens (tertiary/aromatic N) is 1. The maximum atomic E-state index is 11.5. The second kappa shape index (κ2) is 6.16.